The molecular formula is C16H13FN2OS2. The van der Waals surface area contributed by atoms with E-state index in [0.717, 1.165) is 25.7 Å². The number of ketones is 1. The van der Waals surface area contributed by atoms with Crippen molar-refractivity contribution in [3.63, 3.8) is 0 Å². The van der Waals surface area contributed by atoms with Crippen LogP contribution in [0.1, 0.15) is 13.8 Å². The summed E-state index contributed by atoms with van der Waals surface area (Å²) in [5.74, 6) is -0.136. The first kappa shape index (κ1) is 15.1. The highest BCUT2D eigenvalue weighted by Gasteiger charge is 2.15. The molecule has 1 unspecified atom stereocenters. The lowest BCUT2D eigenvalue weighted by molar-refractivity contribution is -0.116. The van der Waals surface area contributed by atoms with Gasteiger partial charge in [0, 0.05) is 4.88 Å². The number of halogens is 1. The number of carbonyl (C=O) groups is 1. The van der Waals surface area contributed by atoms with Crippen molar-refractivity contribution in [3.05, 3.63) is 42.5 Å². The van der Waals surface area contributed by atoms with Crippen LogP contribution in [0.2, 0.25) is 0 Å². The number of Topliss-reactive ketones (excluding diaryl/α,β-unsaturated/α-hetero) is 1. The topological polar surface area (TPSA) is 42.9 Å². The Bertz CT molecular complexity index is 830. The first-order valence-corrected chi connectivity index (χ1v) is 8.42. The Morgan fingerprint density at radius 1 is 1.27 bits per heavy atom. The molecule has 112 valence electrons. The number of nitrogens with zero attached hydrogens (tertiary/aromatic N) is 2. The Morgan fingerprint density at radius 2 is 2.00 bits per heavy atom. The first-order chi connectivity index (χ1) is 10.5. The molecule has 1 atom stereocenters. The van der Waals surface area contributed by atoms with E-state index in [1.165, 1.54) is 30.2 Å². The zero-order valence-electron chi connectivity index (χ0n) is 12.0. The largest absolute Gasteiger partial charge is 0.299 e. The smallest absolute Gasteiger partial charge is 0.142 e. The second-order valence-electron chi connectivity index (χ2n) is 4.88. The quantitative estimate of drug-likeness (QED) is 0.518. The van der Waals surface area contributed by atoms with Crippen molar-refractivity contribution in [1.29, 1.82) is 0 Å². The van der Waals surface area contributed by atoms with Crippen LogP contribution in [-0.2, 0) is 4.79 Å². The molecule has 22 heavy (non-hydrogen) atoms. The second kappa shape index (κ2) is 6.14. The molecule has 0 N–H and O–H groups in total. The molecule has 0 spiro atoms. The molecule has 0 amide bonds. The van der Waals surface area contributed by atoms with E-state index in [2.05, 4.69) is 9.97 Å². The highest BCUT2D eigenvalue weighted by Crippen LogP contribution is 2.38. The number of thioether (sulfide) groups is 1. The summed E-state index contributed by atoms with van der Waals surface area (Å²) in [5.41, 5.74) is 1.79. The van der Waals surface area contributed by atoms with Crippen LogP contribution in [0.4, 0.5) is 4.39 Å². The van der Waals surface area contributed by atoms with Crippen LogP contribution in [-0.4, -0.2) is 21.0 Å². The Hall–Kier alpha value is -1.79. The number of hydrogen-bond donors (Lipinski definition) is 0. The van der Waals surface area contributed by atoms with Gasteiger partial charge in [0.1, 0.15) is 23.0 Å². The molecule has 0 saturated carbocycles. The number of fused-ring (bicyclic) bond motifs is 1. The molecule has 3 aromatic rings. The van der Waals surface area contributed by atoms with E-state index in [9.17, 15) is 9.18 Å². The van der Waals surface area contributed by atoms with Crippen molar-refractivity contribution in [3.8, 4) is 10.4 Å². The third-order valence-electron chi connectivity index (χ3n) is 3.27. The molecule has 3 nitrogen and oxygen atoms in total. The Labute approximate surface area is 135 Å². The number of rotatable bonds is 4. The van der Waals surface area contributed by atoms with Crippen molar-refractivity contribution in [2.24, 2.45) is 0 Å². The maximum Gasteiger partial charge on any atom is 0.142 e. The van der Waals surface area contributed by atoms with Gasteiger partial charge in [0.2, 0.25) is 0 Å². The molecular weight excluding hydrogens is 319 g/mol. The minimum Gasteiger partial charge on any atom is -0.299 e. The lowest BCUT2D eigenvalue weighted by atomic mass is 10.2. The molecule has 0 fully saturated rings. The van der Waals surface area contributed by atoms with Gasteiger partial charge < -0.3 is 0 Å². The molecule has 0 radical (unpaired) electrons. The van der Waals surface area contributed by atoms with E-state index >= 15 is 0 Å². The third-order valence-corrected chi connectivity index (χ3v) is 5.80. The molecule has 0 aliphatic carbocycles. The van der Waals surface area contributed by atoms with Gasteiger partial charge in [-0.15, -0.1) is 11.3 Å². The molecule has 2 aromatic heterocycles. The van der Waals surface area contributed by atoms with Gasteiger partial charge in [-0.2, -0.15) is 0 Å². The van der Waals surface area contributed by atoms with Crippen LogP contribution in [0.5, 0.6) is 0 Å². The predicted octanol–water partition coefficient (Wildman–Crippen LogP) is 4.57. The molecule has 6 heteroatoms. The van der Waals surface area contributed by atoms with E-state index in [-0.39, 0.29) is 16.9 Å². The molecule has 2 heterocycles. The van der Waals surface area contributed by atoms with Crippen LogP contribution >= 0.6 is 23.1 Å². The Morgan fingerprint density at radius 3 is 2.68 bits per heavy atom. The van der Waals surface area contributed by atoms with E-state index < -0.39 is 0 Å². The fourth-order valence-electron chi connectivity index (χ4n) is 1.92. The van der Waals surface area contributed by atoms with Gasteiger partial charge in [-0.05, 0) is 37.6 Å². The molecule has 0 bridgehead atoms. The van der Waals surface area contributed by atoms with Gasteiger partial charge in [-0.3, -0.25) is 4.79 Å². The van der Waals surface area contributed by atoms with Gasteiger partial charge in [-0.1, -0.05) is 23.9 Å². The average molecular weight is 332 g/mol. The fraction of sp³-hybridized carbons (Fsp3) is 0.188. The van der Waals surface area contributed by atoms with E-state index in [4.69, 9.17) is 0 Å². The minimum absolute atomic E-state index is 0.118. The average Bonchev–Trinajstić information content (AvgIpc) is 2.93. The summed E-state index contributed by atoms with van der Waals surface area (Å²) in [7, 11) is 0. The van der Waals surface area contributed by atoms with Crippen molar-refractivity contribution < 1.29 is 9.18 Å². The highest BCUT2D eigenvalue weighted by molar-refractivity contribution is 8.00. The van der Waals surface area contributed by atoms with Crippen LogP contribution in [0.3, 0.4) is 0 Å². The van der Waals surface area contributed by atoms with Gasteiger partial charge in [0.05, 0.1) is 15.5 Å². The van der Waals surface area contributed by atoms with E-state index in [1.54, 1.807) is 30.4 Å². The predicted molar refractivity (Wildman–Crippen MR) is 88.8 cm³/mol. The number of carbonyl (C=O) groups excluding carboxylic acids is 1. The number of aromatic nitrogens is 2. The van der Waals surface area contributed by atoms with Crippen molar-refractivity contribution in [2.75, 3.05) is 0 Å². The number of hydrogen-bond acceptors (Lipinski definition) is 5. The Kier molecular flexibility index (Phi) is 4.22. The van der Waals surface area contributed by atoms with Gasteiger partial charge in [0.25, 0.3) is 0 Å². The maximum absolute atomic E-state index is 13.0. The highest BCUT2D eigenvalue weighted by atomic mass is 32.2. The molecule has 0 aliphatic rings. The van der Waals surface area contributed by atoms with Crippen LogP contribution in [0, 0.1) is 5.82 Å². The normalized spacial score (nSPS) is 12.5. The first-order valence-electron chi connectivity index (χ1n) is 6.72. The van der Waals surface area contributed by atoms with Gasteiger partial charge >= 0.3 is 0 Å². The summed E-state index contributed by atoms with van der Waals surface area (Å²) in [5, 5.41) is 0.667. The van der Waals surface area contributed by atoms with Crippen molar-refractivity contribution in [2.45, 2.75) is 24.1 Å². The van der Waals surface area contributed by atoms with Gasteiger partial charge in [-0.25, -0.2) is 14.4 Å². The van der Waals surface area contributed by atoms with Gasteiger partial charge in [0.15, 0.2) is 0 Å². The summed E-state index contributed by atoms with van der Waals surface area (Å²) < 4.78 is 14.0. The summed E-state index contributed by atoms with van der Waals surface area (Å²) in [6.07, 6.45) is 1.51. The summed E-state index contributed by atoms with van der Waals surface area (Å²) in [4.78, 5) is 21.0. The zero-order chi connectivity index (χ0) is 15.7. The molecule has 3 rings (SSSR count). The summed E-state index contributed by atoms with van der Waals surface area (Å²) >= 11 is 3.00. The standard InChI is InChI=1S/C16H13FN2OS2/c1-9(20)10(2)21-16-15-13(18-8-19-16)7-14(22-15)11-3-5-12(17)6-4-11/h3-8,10H,1-2H3. The van der Waals surface area contributed by atoms with E-state index in [1.807, 2.05) is 13.0 Å². The lowest BCUT2D eigenvalue weighted by Gasteiger charge is -2.06. The zero-order valence-corrected chi connectivity index (χ0v) is 13.7. The summed E-state index contributed by atoms with van der Waals surface area (Å²) in [6, 6.07) is 8.35. The van der Waals surface area contributed by atoms with Crippen LogP contribution in [0.25, 0.3) is 20.7 Å². The third kappa shape index (κ3) is 3.03. The second-order valence-corrected chi connectivity index (χ2v) is 7.26. The fourth-order valence-corrected chi connectivity index (χ4v) is 4.01. The number of benzene rings is 1. The van der Waals surface area contributed by atoms with E-state index in [0.29, 0.717) is 0 Å². The monoisotopic (exact) mass is 332 g/mol. The minimum atomic E-state index is -0.254. The molecule has 0 aliphatic heterocycles. The lowest BCUT2D eigenvalue weighted by Crippen LogP contribution is -2.08. The SMILES string of the molecule is CC(=O)C(C)Sc1ncnc2cc(-c3ccc(F)cc3)sc12. The van der Waals surface area contributed by atoms with Crippen LogP contribution < -0.4 is 0 Å². The molecule has 0 saturated heterocycles. The van der Waals surface area contributed by atoms with Crippen molar-refractivity contribution in [1.82, 2.24) is 9.97 Å². The summed E-state index contributed by atoms with van der Waals surface area (Å²) in [6.45, 7) is 3.45. The van der Waals surface area contributed by atoms with Crippen molar-refractivity contribution >= 4 is 39.1 Å². The maximum atomic E-state index is 13.0. The Balaban J connectivity index is 2.02. The molecule has 1 aromatic carbocycles. The van der Waals surface area contributed by atoms with Crippen LogP contribution in [0.15, 0.2) is 41.7 Å². The number of thiophene rings is 1.